The van der Waals surface area contributed by atoms with Gasteiger partial charge in [-0.05, 0) is 12.5 Å². The van der Waals surface area contributed by atoms with E-state index in [1.54, 1.807) is 6.08 Å². The van der Waals surface area contributed by atoms with Gasteiger partial charge in [0.1, 0.15) is 12.4 Å². The van der Waals surface area contributed by atoms with Gasteiger partial charge in [0.15, 0.2) is 0 Å². The molecular formula is C19H17N3O4. The maximum absolute atomic E-state index is 12.7. The number of rotatable bonds is 3. The average molecular weight is 351 g/mol. The highest BCUT2D eigenvalue weighted by Gasteiger charge is 2.41. The zero-order valence-corrected chi connectivity index (χ0v) is 14.2. The summed E-state index contributed by atoms with van der Waals surface area (Å²) in [6, 6.07) is 7.61. The van der Waals surface area contributed by atoms with Gasteiger partial charge < -0.3 is 10.1 Å². The Bertz CT molecular complexity index is 1070. The number of benzene rings is 1. The van der Waals surface area contributed by atoms with Gasteiger partial charge in [0, 0.05) is 6.54 Å². The molecule has 7 nitrogen and oxygen atoms in total. The summed E-state index contributed by atoms with van der Waals surface area (Å²) in [5.41, 5.74) is 2.13. The van der Waals surface area contributed by atoms with Gasteiger partial charge in [0.05, 0.1) is 22.8 Å². The van der Waals surface area contributed by atoms with Crippen molar-refractivity contribution in [3.05, 3.63) is 85.7 Å². The highest BCUT2D eigenvalue weighted by atomic mass is 16.5. The number of aryl methyl sites for hydroxylation is 1. The van der Waals surface area contributed by atoms with Crippen LogP contribution in [0, 0.1) is 6.92 Å². The fraction of sp³-hybridized carbons (Fsp3) is 0.211. The molecule has 2 aliphatic heterocycles. The molecule has 1 atom stereocenters. The number of nitrogens with one attached hydrogen (secondary N) is 2. The molecule has 1 aromatic heterocycles. The predicted octanol–water partition coefficient (Wildman–Crippen LogP) is 1.40. The standard InChI is InChI=1S/C19H17N3O4/c1-3-8-22-16-15(17(23)21-19(22)25)13(11-6-4-10(2)5-7-11)14-12(20-16)9-26-18(14)24/h3-7,13,20H,1,8-9H2,2H3,(H,21,23,25)/t13-/m0/s1. The van der Waals surface area contributed by atoms with Crippen LogP contribution in [-0.4, -0.2) is 22.1 Å². The number of nitrogens with zero attached hydrogens (tertiary/aromatic N) is 1. The fourth-order valence-corrected chi connectivity index (χ4v) is 3.48. The molecule has 4 rings (SSSR count). The number of aromatic amines is 1. The number of cyclic esters (lactones) is 1. The molecule has 0 aliphatic carbocycles. The van der Waals surface area contributed by atoms with Crippen LogP contribution in [0.3, 0.4) is 0 Å². The van der Waals surface area contributed by atoms with Crippen LogP contribution in [-0.2, 0) is 16.1 Å². The maximum atomic E-state index is 12.7. The fourth-order valence-electron chi connectivity index (χ4n) is 3.48. The van der Waals surface area contributed by atoms with Crippen molar-refractivity contribution < 1.29 is 9.53 Å². The van der Waals surface area contributed by atoms with Crippen LogP contribution >= 0.6 is 0 Å². The van der Waals surface area contributed by atoms with Crippen LogP contribution < -0.4 is 16.6 Å². The van der Waals surface area contributed by atoms with Crippen LogP contribution in [0.1, 0.15) is 22.6 Å². The van der Waals surface area contributed by atoms with E-state index in [9.17, 15) is 14.4 Å². The summed E-state index contributed by atoms with van der Waals surface area (Å²) in [4.78, 5) is 39.6. The number of esters is 1. The number of carbonyl (C=O) groups is 1. The summed E-state index contributed by atoms with van der Waals surface area (Å²) in [6.07, 6.45) is 1.57. The Hall–Kier alpha value is -3.35. The van der Waals surface area contributed by atoms with E-state index in [4.69, 9.17) is 4.74 Å². The first-order valence-corrected chi connectivity index (χ1v) is 8.23. The number of hydrogen-bond donors (Lipinski definition) is 2. The van der Waals surface area contributed by atoms with Crippen LogP contribution in [0.4, 0.5) is 5.82 Å². The Labute approximate surface area is 148 Å². The zero-order valence-electron chi connectivity index (χ0n) is 14.2. The van der Waals surface area contributed by atoms with Crippen LogP contribution in [0.15, 0.2) is 57.8 Å². The molecule has 26 heavy (non-hydrogen) atoms. The molecule has 0 bridgehead atoms. The number of ether oxygens (including phenoxy) is 1. The topological polar surface area (TPSA) is 93.2 Å². The van der Waals surface area contributed by atoms with Gasteiger partial charge in [-0.1, -0.05) is 35.9 Å². The lowest BCUT2D eigenvalue weighted by molar-refractivity contribution is -0.136. The molecule has 2 N–H and O–H groups in total. The van der Waals surface area contributed by atoms with E-state index in [-0.39, 0.29) is 13.2 Å². The molecule has 0 radical (unpaired) electrons. The van der Waals surface area contributed by atoms with Crippen molar-refractivity contribution in [2.45, 2.75) is 19.4 Å². The van der Waals surface area contributed by atoms with Crippen LogP contribution in [0.5, 0.6) is 0 Å². The number of allylic oxidation sites excluding steroid dienone is 1. The van der Waals surface area contributed by atoms with Gasteiger partial charge in [0.2, 0.25) is 0 Å². The quantitative estimate of drug-likeness (QED) is 0.644. The predicted molar refractivity (Wildman–Crippen MR) is 96.1 cm³/mol. The van der Waals surface area contributed by atoms with Crippen molar-refractivity contribution in [1.82, 2.24) is 9.55 Å². The highest BCUT2D eigenvalue weighted by Crippen LogP contribution is 2.42. The van der Waals surface area contributed by atoms with Crippen molar-refractivity contribution in [1.29, 1.82) is 0 Å². The van der Waals surface area contributed by atoms with Crippen LogP contribution in [0.25, 0.3) is 0 Å². The Morgan fingerprint density at radius 1 is 1.27 bits per heavy atom. The summed E-state index contributed by atoms with van der Waals surface area (Å²) in [6.45, 7) is 5.94. The van der Waals surface area contributed by atoms with Crippen LogP contribution in [0.2, 0.25) is 0 Å². The van der Waals surface area contributed by atoms with Crippen molar-refractivity contribution >= 4 is 11.8 Å². The Balaban J connectivity index is 2.04. The van der Waals surface area contributed by atoms with E-state index < -0.39 is 23.1 Å². The molecule has 0 saturated heterocycles. The second-order valence-electron chi connectivity index (χ2n) is 6.36. The molecule has 1 aromatic carbocycles. The van der Waals surface area contributed by atoms with Crippen molar-refractivity contribution in [3.63, 3.8) is 0 Å². The van der Waals surface area contributed by atoms with Crippen molar-refractivity contribution in [3.8, 4) is 0 Å². The zero-order chi connectivity index (χ0) is 18.4. The number of aromatic nitrogens is 2. The maximum Gasteiger partial charge on any atom is 0.337 e. The molecule has 0 amide bonds. The lowest BCUT2D eigenvalue weighted by atomic mass is 9.82. The Morgan fingerprint density at radius 2 is 2.00 bits per heavy atom. The molecule has 2 aliphatic rings. The first-order valence-electron chi connectivity index (χ1n) is 8.23. The van der Waals surface area contributed by atoms with Gasteiger partial charge in [0.25, 0.3) is 5.56 Å². The van der Waals surface area contributed by atoms with Gasteiger partial charge in [-0.25, -0.2) is 9.59 Å². The summed E-state index contributed by atoms with van der Waals surface area (Å²) < 4.78 is 6.58. The minimum atomic E-state index is -0.600. The summed E-state index contributed by atoms with van der Waals surface area (Å²) in [5.74, 6) is -0.678. The minimum absolute atomic E-state index is 0.0883. The molecule has 0 unspecified atom stereocenters. The minimum Gasteiger partial charge on any atom is -0.456 e. The Morgan fingerprint density at radius 3 is 2.69 bits per heavy atom. The van der Waals surface area contributed by atoms with E-state index in [0.717, 1.165) is 11.1 Å². The molecular weight excluding hydrogens is 334 g/mol. The highest BCUT2D eigenvalue weighted by molar-refractivity contribution is 5.96. The van der Waals surface area contributed by atoms with E-state index in [1.807, 2.05) is 31.2 Å². The summed E-state index contributed by atoms with van der Waals surface area (Å²) in [7, 11) is 0. The summed E-state index contributed by atoms with van der Waals surface area (Å²) in [5, 5.41) is 3.06. The lowest BCUT2D eigenvalue weighted by Crippen LogP contribution is -2.38. The second-order valence-corrected chi connectivity index (χ2v) is 6.36. The Kier molecular flexibility index (Phi) is 3.64. The normalized spacial score (nSPS) is 18.0. The van der Waals surface area contributed by atoms with E-state index in [1.165, 1.54) is 4.57 Å². The molecule has 3 heterocycles. The van der Waals surface area contributed by atoms with Gasteiger partial charge in [-0.2, -0.15) is 0 Å². The number of fused-ring (bicyclic) bond motifs is 1. The largest absolute Gasteiger partial charge is 0.456 e. The average Bonchev–Trinajstić information content (AvgIpc) is 2.98. The van der Waals surface area contributed by atoms with E-state index in [0.29, 0.717) is 22.7 Å². The molecule has 2 aromatic rings. The van der Waals surface area contributed by atoms with Crippen molar-refractivity contribution in [2.75, 3.05) is 11.9 Å². The number of hydrogen-bond acceptors (Lipinski definition) is 5. The van der Waals surface area contributed by atoms with Crippen molar-refractivity contribution in [2.24, 2.45) is 0 Å². The monoisotopic (exact) mass is 351 g/mol. The molecule has 132 valence electrons. The third kappa shape index (κ3) is 2.32. The number of H-pyrrole nitrogens is 1. The lowest BCUT2D eigenvalue weighted by Gasteiger charge is -2.28. The number of anilines is 1. The van der Waals surface area contributed by atoms with Gasteiger partial charge in [-0.3, -0.25) is 14.3 Å². The smallest absolute Gasteiger partial charge is 0.337 e. The van der Waals surface area contributed by atoms with Gasteiger partial charge >= 0.3 is 11.7 Å². The van der Waals surface area contributed by atoms with E-state index in [2.05, 4.69) is 16.9 Å². The third-order valence-corrected chi connectivity index (χ3v) is 4.70. The molecule has 0 saturated carbocycles. The second kappa shape index (κ2) is 5.87. The molecule has 0 spiro atoms. The first-order chi connectivity index (χ1) is 12.5. The van der Waals surface area contributed by atoms with Gasteiger partial charge in [-0.15, -0.1) is 6.58 Å². The SMILES string of the molecule is C=CCn1c2c(c(=O)[nH]c1=O)[C@@H](c1ccc(C)cc1)C1=C(COC1=O)N2. The third-order valence-electron chi connectivity index (χ3n) is 4.70. The summed E-state index contributed by atoms with van der Waals surface area (Å²) >= 11 is 0. The first kappa shape index (κ1) is 16.1. The molecule has 7 heteroatoms. The van der Waals surface area contributed by atoms with E-state index >= 15 is 0 Å². The molecule has 0 fully saturated rings. The number of carbonyl (C=O) groups excluding carboxylic acids is 1.